The number of nitrogens with one attached hydrogen (secondary N) is 2. The predicted octanol–water partition coefficient (Wildman–Crippen LogP) is 1.64. The fourth-order valence-electron chi connectivity index (χ4n) is 2.65. The normalized spacial score (nSPS) is 16.6. The third-order valence-corrected chi connectivity index (χ3v) is 4.04. The van der Waals surface area contributed by atoms with Crippen molar-refractivity contribution < 1.29 is 23.9 Å². The molecule has 0 aromatic heterocycles. The molecular weight excluding hydrogens is 338 g/mol. The quantitative estimate of drug-likeness (QED) is 0.523. The molecule has 8 heteroatoms. The maximum atomic E-state index is 12.3. The highest BCUT2D eigenvalue weighted by molar-refractivity contribution is 5.97. The maximum absolute atomic E-state index is 12.3. The summed E-state index contributed by atoms with van der Waals surface area (Å²) in [5.74, 6) is -1.20. The predicted molar refractivity (Wildman–Crippen MR) is 95.3 cm³/mol. The van der Waals surface area contributed by atoms with Crippen LogP contribution in [0.15, 0.2) is 29.5 Å². The molecule has 0 spiro atoms. The van der Waals surface area contributed by atoms with Crippen molar-refractivity contribution in [3.63, 3.8) is 0 Å². The molecule has 1 aliphatic rings. The average Bonchev–Trinajstić information content (AvgIpc) is 2.61. The number of benzene rings is 1. The topological polar surface area (TPSA) is 120 Å². The van der Waals surface area contributed by atoms with Gasteiger partial charge in [-0.05, 0) is 31.9 Å². The van der Waals surface area contributed by atoms with Crippen LogP contribution in [0.3, 0.4) is 0 Å². The molecule has 8 nitrogen and oxygen atoms in total. The second kappa shape index (κ2) is 8.37. The Morgan fingerprint density at radius 2 is 1.92 bits per heavy atom. The third-order valence-electron chi connectivity index (χ3n) is 4.04. The van der Waals surface area contributed by atoms with Crippen LogP contribution in [0.4, 0.5) is 10.5 Å². The number of esters is 2. The highest BCUT2D eigenvalue weighted by atomic mass is 16.5. The Kier molecular flexibility index (Phi) is 6.21. The van der Waals surface area contributed by atoms with Crippen molar-refractivity contribution >= 4 is 23.7 Å². The highest BCUT2D eigenvalue weighted by Gasteiger charge is 2.32. The van der Waals surface area contributed by atoms with Crippen LogP contribution in [0, 0.1) is 6.92 Å². The summed E-state index contributed by atoms with van der Waals surface area (Å²) in [5.41, 5.74) is 7.68. The largest absolute Gasteiger partial charge is 0.463 e. The number of aryl methyl sites for hydroxylation is 1. The van der Waals surface area contributed by atoms with Crippen LogP contribution in [-0.2, 0) is 14.3 Å². The number of hydrogen-bond donors (Lipinski definition) is 3. The molecule has 0 aliphatic carbocycles. The van der Waals surface area contributed by atoms with Gasteiger partial charge in [-0.25, -0.2) is 14.4 Å². The number of carbonyl (C=O) groups is 3. The summed E-state index contributed by atoms with van der Waals surface area (Å²) in [4.78, 5) is 36.4. The van der Waals surface area contributed by atoms with Crippen LogP contribution in [0.5, 0.6) is 0 Å². The van der Waals surface area contributed by atoms with Gasteiger partial charge in [0.2, 0.25) is 0 Å². The lowest BCUT2D eigenvalue weighted by Gasteiger charge is -2.28. The number of para-hydroxylation sites is 1. The lowest BCUT2D eigenvalue weighted by Crippen LogP contribution is -2.51. The number of hydrogen-bond acceptors (Lipinski definition) is 6. The first-order valence-corrected chi connectivity index (χ1v) is 8.38. The van der Waals surface area contributed by atoms with Crippen LogP contribution in [0.2, 0.25) is 0 Å². The zero-order chi connectivity index (χ0) is 19.3. The summed E-state index contributed by atoms with van der Waals surface area (Å²) in [7, 11) is 0. The molecule has 0 fully saturated rings. The number of nitrogens with two attached hydrogens (primary N) is 1. The minimum absolute atomic E-state index is 0.194. The van der Waals surface area contributed by atoms with Gasteiger partial charge >= 0.3 is 18.0 Å². The molecule has 4 N–H and O–H groups in total. The smallest absolute Gasteiger partial charge is 0.340 e. The lowest BCUT2D eigenvalue weighted by atomic mass is 10.0. The average molecular weight is 361 g/mol. The lowest BCUT2D eigenvalue weighted by molar-refractivity contribution is -0.139. The van der Waals surface area contributed by atoms with E-state index in [1.54, 1.807) is 32.0 Å². The Labute approximate surface area is 151 Å². The molecule has 0 bridgehead atoms. The molecule has 1 aromatic rings. The van der Waals surface area contributed by atoms with E-state index >= 15 is 0 Å². The van der Waals surface area contributed by atoms with Gasteiger partial charge in [0.25, 0.3) is 0 Å². The molecule has 1 atom stereocenters. The number of anilines is 1. The number of ether oxygens (including phenoxy) is 2. The standard InChI is InChI=1S/C18H23N3O5/c1-4-12-14(17(23)25-5-2)13(21-18(24)20-12)9-26-16(22)11-8-6-7-10(3)15(11)19/h6-8,12H,4-5,9,19H2,1-3H3,(H2,20,21,24)/t12-/m1/s1. The summed E-state index contributed by atoms with van der Waals surface area (Å²) in [5, 5.41) is 5.18. The number of carbonyl (C=O) groups excluding carboxylic acids is 3. The Hall–Kier alpha value is -3.03. The summed E-state index contributed by atoms with van der Waals surface area (Å²) in [6.45, 7) is 5.22. The zero-order valence-electron chi connectivity index (χ0n) is 15.0. The van der Waals surface area contributed by atoms with Gasteiger partial charge in [0.15, 0.2) is 0 Å². The highest BCUT2D eigenvalue weighted by Crippen LogP contribution is 2.20. The number of amides is 2. The zero-order valence-corrected chi connectivity index (χ0v) is 15.0. The summed E-state index contributed by atoms with van der Waals surface area (Å²) < 4.78 is 10.3. The Bertz CT molecular complexity index is 757. The Morgan fingerprint density at radius 3 is 2.58 bits per heavy atom. The SMILES string of the molecule is CCOC(=O)C1=C(COC(=O)c2cccc(C)c2N)NC(=O)N[C@@H]1CC. The van der Waals surface area contributed by atoms with Crippen LogP contribution >= 0.6 is 0 Å². The van der Waals surface area contributed by atoms with Crippen molar-refractivity contribution in [2.24, 2.45) is 0 Å². The van der Waals surface area contributed by atoms with Crippen molar-refractivity contribution in [2.75, 3.05) is 18.9 Å². The molecule has 140 valence electrons. The molecule has 0 unspecified atom stereocenters. The van der Waals surface area contributed by atoms with Gasteiger partial charge in [0, 0.05) is 5.69 Å². The number of urea groups is 1. The van der Waals surface area contributed by atoms with Gasteiger partial charge in [-0.3, -0.25) is 0 Å². The molecule has 0 saturated heterocycles. The second-order valence-electron chi connectivity index (χ2n) is 5.78. The van der Waals surface area contributed by atoms with Crippen LogP contribution in [0.25, 0.3) is 0 Å². The molecule has 26 heavy (non-hydrogen) atoms. The number of nitrogen functional groups attached to an aromatic ring is 1. The fraction of sp³-hybridized carbons (Fsp3) is 0.389. The van der Waals surface area contributed by atoms with Crippen LogP contribution in [0.1, 0.15) is 36.2 Å². The van der Waals surface area contributed by atoms with Gasteiger partial charge in [-0.2, -0.15) is 0 Å². The van der Waals surface area contributed by atoms with E-state index in [2.05, 4.69) is 10.6 Å². The van der Waals surface area contributed by atoms with Crippen molar-refractivity contribution in [3.05, 3.63) is 40.6 Å². The maximum Gasteiger partial charge on any atom is 0.340 e. The van der Waals surface area contributed by atoms with Crippen molar-refractivity contribution in [3.8, 4) is 0 Å². The monoisotopic (exact) mass is 361 g/mol. The van der Waals surface area contributed by atoms with E-state index < -0.39 is 24.0 Å². The van der Waals surface area contributed by atoms with Gasteiger partial charge in [-0.1, -0.05) is 19.1 Å². The van der Waals surface area contributed by atoms with Crippen LogP contribution < -0.4 is 16.4 Å². The van der Waals surface area contributed by atoms with Gasteiger partial charge in [0.1, 0.15) is 6.61 Å². The van der Waals surface area contributed by atoms with E-state index in [4.69, 9.17) is 15.2 Å². The van der Waals surface area contributed by atoms with Gasteiger partial charge < -0.3 is 25.8 Å². The summed E-state index contributed by atoms with van der Waals surface area (Å²) in [6, 6.07) is 4.06. The molecule has 2 amide bonds. The van der Waals surface area contributed by atoms with E-state index in [1.165, 1.54) is 0 Å². The fourth-order valence-corrected chi connectivity index (χ4v) is 2.65. The third kappa shape index (κ3) is 4.14. The second-order valence-corrected chi connectivity index (χ2v) is 5.78. The van der Waals surface area contributed by atoms with E-state index in [-0.39, 0.29) is 30.0 Å². The van der Waals surface area contributed by atoms with Gasteiger partial charge in [-0.15, -0.1) is 0 Å². The molecule has 1 aromatic carbocycles. The summed E-state index contributed by atoms with van der Waals surface area (Å²) >= 11 is 0. The molecular formula is C18H23N3O5. The first-order chi connectivity index (χ1) is 12.4. The van der Waals surface area contributed by atoms with Crippen molar-refractivity contribution in [1.82, 2.24) is 10.6 Å². The van der Waals surface area contributed by atoms with E-state index in [0.29, 0.717) is 12.1 Å². The van der Waals surface area contributed by atoms with E-state index in [0.717, 1.165) is 5.56 Å². The molecule has 1 aliphatic heterocycles. The van der Waals surface area contributed by atoms with Crippen molar-refractivity contribution in [1.29, 1.82) is 0 Å². The minimum Gasteiger partial charge on any atom is -0.463 e. The molecule has 1 heterocycles. The Balaban J connectivity index is 2.25. The molecule has 2 rings (SSSR count). The number of rotatable bonds is 6. The minimum atomic E-state index is -0.636. The van der Waals surface area contributed by atoms with E-state index in [9.17, 15) is 14.4 Å². The van der Waals surface area contributed by atoms with Gasteiger partial charge in [0.05, 0.1) is 29.5 Å². The van der Waals surface area contributed by atoms with Crippen LogP contribution in [-0.4, -0.2) is 37.2 Å². The van der Waals surface area contributed by atoms with E-state index in [1.807, 2.05) is 6.92 Å². The van der Waals surface area contributed by atoms with Crippen molar-refractivity contribution in [2.45, 2.75) is 33.2 Å². The Morgan fingerprint density at radius 1 is 1.19 bits per heavy atom. The molecule has 0 saturated carbocycles. The summed E-state index contributed by atoms with van der Waals surface area (Å²) in [6.07, 6.45) is 0.490. The first kappa shape index (κ1) is 19.3. The first-order valence-electron chi connectivity index (χ1n) is 8.38. The molecule has 0 radical (unpaired) electrons.